The molecule has 0 radical (unpaired) electrons. The summed E-state index contributed by atoms with van der Waals surface area (Å²) in [5.74, 6) is 0.183. The van der Waals surface area contributed by atoms with Crippen molar-refractivity contribution in [3.63, 3.8) is 0 Å². The van der Waals surface area contributed by atoms with E-state index in [0.29, 0.717) is 12.5 Å². The molecule has 1 unspecified atom stereocenters. The molecule has 0 amide bonds. The second-order valence-electron chi connectivity index (χ2n) is 4.70. The molecule has 0 saturated carbocycles. The van der Waals surface area contributed by atoms with Gasteiger partial charge >= 0.3 is 0 Å². The van der Waals surface area contributed by atoms with Gasteiger partial charge in [-0.3, -0.25) is 0 Å². The maximum atomic E-state index is 13.7. The van der Waals surface area contributed by atoms with Crippen LogP contribution in [0.15, 0.2) is 30.5 Å². The number of hydrogen-bond acceptors (Lipinski definition) is 4. The monoisotopic (exact) mass is 274 g/mol. The Morgan fingerprint density at radius 1 is 1.25 bits per heavy atom. The Morgan fingerprint density at radius 3 is 2.60 bits per heavy atom. The standard InChI is InChI=1S/C15H19FN4/c1-4-17-15-18-9-13(16)14(20-15)19-11(3)12-7-5-10(2)6-8-12/h5-9,11H,4H2,1-3H3,(H2,17,18,19,20). The fraction of sp³-hybridized carbons (Fsp3) is 0.333. The third kappa shape index (κ3) is 3.44. The largest absolute Gasteiger partial charge is 0.361 e. The maximum Gasteiger partial charge on any atom is 0.224 e. The van der Waals surface area contributed by atoms with Crippen molar-refractivity contribution < 1.29 is 4.39 Å². The molecule has 1 aromatic carbocycles. The number of aryl methyl sites for hydroxylation is 1. The topological polar surface area (TPSA) is 49.8 Å². The number of aromatic nitrogens is 2. The lowest BCUT2D eigenvalue weighted by atomic mass is 10.1. The number of benzene rings is 1. The van der Waals surface area contributed by atoms with Crippen molar-refractivity contribution in [2.75, 3.05) is 17.2 Å². The summed E-state index contributed by atoms with van der Waals surface area (Å²) in [6.45, 7) is 6.64. The first-order chi connectivity index (χ1) is 9.60. The van der Waals surface area contributed by atoms with E-state index in [-0.39, 0.29) is 11.9 Å². The summed E-state index contributed by atoms with van der Waals surface area (Å²) in [6.07, 6.45) is 1.18. The van der Waals surface area contributed by atoms with Crippen molar-refractivity contribution in [2.45, 2.75) is 26.8 Å². The second-order valence-corrected chi connectivity index (χ2v) is 4.70. The van der Waals surface area contributed by atoms with Crippen molar-refractivity contribution in [2.24, 2.45) is 0 Å². The molecule has 1 aromatic heterocycles. The van der Waals surface area contributed by atoms with Crippen LogP contribution < -0.4 is 10.6 Å². The zero-order valence-corrected chi connectivity index (χ0v) is 11.9. The molecule has 0 saturated heterocycles. The van der Waals surface area contributed by atoms with Crippen LogP contribution in [0.3, 0.4) is 0 Å². The second kappa shape index (κ2) is 6.32. The van der Waals surface area contributed by atoms with E-state index in [2.05, 4.69) is 20.6 Å². The minimum Gasteiger partial charge on any atom is -0.361 e. The van der Waals surface area contributed by atoms with Gasteiger partial charge in [0.25, 0.3) is 0 Å². The molecule has 2 N–H and O–H groups in total. The van der Waals surface area contributed by atoms with E-state index in [1.54, 1.807) is 0 Å². The number of halogens is 1. The SMILES string of the molecule is CCNc1ncc(F)c(NC(C)c2ccc(C)cc2)n1. The van der Waals surface area contributed by atoms with Crippen LogP contribution in [0.1, 0.15) is 31.0 Å². The van der Waals surface area contributed by atoms with E-state index >= 15 is 0 Å². The zero-order valence-electron chi connectivity index (χ0n) is 11.9. The Balaban J connectivity index is 2.16. The lowest BCUT2D eigenvalue weighted by molar-refractivity contribution is 0.614. The lowest BCUT2D eigenvalue weighted by Gasteiger charge is -2.16. The van der Waals surface area contributed by atoms with Gasteiger partial charge in [-0.2, -0.15) is 4.98 Å². The van der Waals surface area contributed by atoms with E-state index in [1.807, 2.05) is 45.0 Å². The van der Waals surface area contributed by atoms with Gasteiger partial charge in [0.1, 0.15) is 0 Å². The van der Waals surface area contributed by atoms with Crippen molar-refractivity contribution in [3.05, 3.63) is 47.4 Å². The van der Waals surface area contributed by atoms with E-state index in [1.165, 1.54) is 11.8 Å². The molecule has 0 aliphatic heterocycles. The van der Waals surface area contributed by atoms with E-state index < -0.39 is 5.82 Å². The number of anilines is 2. The summed E-state index contributed by atoms with van der Waals surface area (Å²) >= 11 is 0. The van der Waals surface area contributed by atoms with Gasteiger partial charge in [0.15, 0.2) is 11.6 Å². The Kier molecular flexibility index (Phi) is 4.50. The minimum absolute atomic E-state index is 0.0329. The van der Waals surface area contributed by atoms with Crippen LogP contribution in [-0.2, 0) is 0 Å². The Bertz CT molecular complexity index is 569. The van der Waals surface area contributed by atoms with Gasteiger partial charge in [-0.25, -0.2) is 9.37 Å². The molecule has 4 nitrogen and oxygen atoms in total. The van der Waals surface area contributed by atoms with Crippen LogP contribution >= 0.6 is 0 Å². The van der Waals surface area contributed by atoms with Gasteiger partial charge in [0.05, 0.1) is 12.2 Å². The van der Waals surface area contributed by atoms with Gasteiger partial charge in [0, 0.05) is 6.54 Å². The number of hydrogen-bond donors (Lipinski definition) is 2. The normalized spacial score (nSPS) is 12.0. The van der Waals surface area contributed by atoms with Gasteiger partial charge in [0.2, 0.25) is 5.95 Å². The first-order valence-corrected chi connectivity index (χ1v) is 6.69. The predicted molar refractivity (Wildman–Crippen MR) is 79.4 cm³/mol. The van der Waals surface area contributed by atoms with E-state index in [9.17, 15) is 4.39 Å². The molecule has 1 atom stereocenters. The molecule has 0 bridgehead atoms. The highest BCUT2D eigenvalue weighted by molar-refractivity contribution is 5.43. The lowest BCUT2D eigenvalue weighted by Crippen LogP contribution is -2.12. The summed E-state index contributed by atoms with van der Waals surface area (Å²) in [5, 5.41) is 6.05. The number of nitrogens with zero attached hydrogens (tertiary/aromatic N) is 2. The predicted octanol–water partition coefficient (Wildman–Crippen LogP) is 3.53. The summed E-state index contributed by atoms with van der Waals surface area (Å²) in [6, 6.07) is 8.09. The number of rotatable bonds is 5. The highest BCUT2D eigenvalue weighted by atomic mass is 19.1. The van der Waals surface area contributed by atoms with Crippen LogP contribution in [0.2, 0.25) is 0 Å². The maximum absolute atomic E-state index is 13.7. The molecule has 0 fully saturated rings. The quantitative estimate of drug-likeness (QED) is 0.875. The molecule has 0 aliphatic rings. The fourth-order valence-corrected chi connectivity index (χ4v) is 1.86. The van der Waals surface area contributed by atoms with Gasteiger partial charge in [-0.15, -0.1) is 0 Å². The average molecular weight is 274 g/mol. The molecule has 2 aromatic rings. The zero-order chi connectivity index (χ0) is 14.5. The van der Waals surface area contributed by atoms with Crippen LogP contribution in [0.25, 0.3) is 0 Å². The minimum atomic E-state index is -0.453. The summed E-state index contributed by atoms with van der Waals surface area (Å²) < 4.78 is 13.7. The number of nitrogens with one attached hydrogen (secondary N) is 2. The first-order valence-electron chi connectivity index (χ1n) is 6.69. The first kappa shape index (κ1) is 14.2. The summed E-state index contributed by atoms with van der Waals surface area (Å²) in [4.78, 5) is 8.02. The molecule has 0 spiro atoms. The average Bonchev–Trinajstić information content (AvgIpc) is 2.43. The molecular formula is C15H19FN4. The van der Waals surface area contributed by atoms with E-state index in [4.69, 9.17) is 0 Å². The third-order valence-corrected chi connectivity index (χ3v) is 3.01. The van der Waals surface area contributed by atoms with E-state index in [0.717, 1.165) is 5.56 Å². The van der Waals surface area contributed by atoms with Crippen LogP contribution in [0.4, 0.5) is 16.2 Å². The Labute approximate surface area is 118 Å². The third-order valence-electron chi connectivity index (χ3n) is 3.01. The molecule has 106 valence electrons. The molecule has 1 heterocycles. The smallest absolute Gasteiger partial charge is 0.224 e. The molecule has 5 heteroatoms. The van der Waals surface area contributed by atoms with Crippen LogP contribution in [0.5, 0.6) is 0 Å². The molecule has 2 rings (SSSR count). The van der Waals surface area contributed by atoms with Gasteiger partial charge in [-0.05, 0) is 26.3 Å². The van der Waals surface area contributed by atoms with Gasteiger partial charge in [-0.1, -0.05) is 29.8 Å². The Hall–Kier alpha value is -2.17. The van der Waals surface area contributed by atoms with Crippen molar-refractivity contribution >= 4 is 11.8 Å². The van der Waals surface area contributed by atoms with Gasteiger partial charge < -0.3 is 10.6 Å². The van der Waals surface area contributed by atoms with Crippen molar-refractivity contribution in [1.82, 2.24) is 9.97 Å². The Morgan fingerprint density at radius 2 is 1.95 bits per heavy atom. The highest BCUT2D eigenvalue weighted by Crippen LogP contribution is 2.20. The molecular weight excluding hydrogens is 255 g/mol. The summed E-state index contributed by atoms with van der Waals surface area (Å²) in [7, 11) is 0. The molecule has 20 heavy (non-hydrogen) atoms. The van der Waals surface area contributed by atoms with Crippen molar-refractivity contribution in [3.8, 4) is 0 Å². The molecule has 0 aliphatic carbocycles. The highest BCUT2D eigenvalue weighted by Gasteiger charge is 2.11. The summed E-state index contributed by atoms with van der Waals surface area (Å²) in [5.41, 5.74) is 2.28. The fourth-order valence-electron chi connectivity index (χ4n) is 1.86. The van der Waals surface area contributed by atoms with Crippen LogP contribution in [0, 0.1) is 12.7 Å². The van der Waals surface area contributed by atoms with Crippen LogP contribution in [-0.4, -0.2) is 16.5 Å². The van der Waals surface area contributed by atoms with Crippen molar-refractivity contribution in [1.29, 1.82) is 0 Å².